The molecule has 1 heterocycles. The van der Waals surface area contributed by atoms with Crippen LogP contribution in [0.15, 0.2) is 22.6 Å². The standard InChI is InChI=1S/C17H23N3O3.2ClH/c1-5-22-14-9-17(18,16(14,3)4)15(21)20-11-6-7-13-12(8-11)19-10(2)23-13;;/h6-8,14H,5,9,18H2,1-4H3,(H,20,21);2*1H. The molecule has 3 N–H and O–H groups in total. The second-order valence-electron chi connectivity index (χ2n) is 6.71. The number of halogens is 2. The molecule has 0 saturated heterocycles. The third-order valence-electron chi connectivity index (χ3n) is 4.99. The SMILES string of the molecule is CCOC1CC(N)(C(=O)Nc2ccc3oc(C)nc3c2)C1(C)C.Cl.Cl. The van der Waals surface area contributed by atoms with Crippen molar-refractivity contribution in [1.82, 2.24) is 4.98 Å². The van der Waals surface area contributed by atoms with Crippen molar-refractivity contribution in [3.63, 3.8) is 0 Å². The summed E-state index contributed by atoms with van der Waals surface area (Å²) < 4.78 is 11.1. The van der Waals surface area contributed by atoms with Gasteiger partial charge in [-0.05, 0) is 25.1 Å². The van der Waals surface area contributed by atoms with Crippen molar-refractivity contribution in [3.8, 4) is 0 Å². The predicted octanol–water partition coefficient (Wildman–Crippen LogP) is 3.45. The first-order chi connectivity index (χ1) is 10.8. The predicted molar refractivity (Wildman–Crippen MR) is 103 cm³/mol. The molecule has 2 unspecified atom stereocenters. The zero-order chi connectivity index (χ0) is 16.8. The molecule has 1 aromatic heterocycles. The van der Waals surface area contributed by atoms with Crippen molar-refractivity contribution < 1.29 is 13.9 Å². The summed E-state index contributed by atoms with van der Waals surface area (Å²) in [6.45, 7) is 8.30. The number of nitrogens with zero attached hydrogens (tertiary/aromatic N) is 1. The van der Waals surface area contributed by atoms with Crippen LogP contribution in [-0.2, 0) is 9.53 Å². The lowest BCUT2D eigenvalue weighted by Gasteiger charge is -2.57. The van der Waals surface area contributed by atoms with Gasteiger partial charge in [-0.3, -0.25) is 4.79 Å². The van der Waals surface area contributed by atoms with E-state index in [4.69, 9.17) is 14.9 Å². The normalized spacial score (nSPS) is 24.0. The molecule has 0 spiro atoms. The number of benzene rings is 1. The molecule has 25 heavy (non-hydrogen) atoms. The maximum absolute atomic E-state index is 12.7. The summed E-state index contributed by atoms with van der Waals surface area (Å²) in [7, 11) is 0. The van der Waals surface area contributed by atoms with E-state index in [0.717, 1.165) is 0 Å². The van der Waals surface area contributed by atoms with Gasteiger partial charge in [0.1, 0.15) is 11.1 Å². The van der Waals surface area contributed by atoms with Crippen LogP contribution in [0.2, 0.25) is 0 Å². The summed E-state index contributed by atoms with van der Waals surface area (Å²) in [5.74, 6) is 0.400. The Balaban J connectivity index is 0.00000156. The largest absolute Gasteiger partial charge is 0.441 e. The van der Waals surface area contributed by atoms with Gasteiger partial charge >= 0.3 is 0 Å². The van der Waals surface area contributed by atoms with E-state index in [1.165, 1.54) is 0 Å². The first-order valence-corrected chi connectivity index (χ1v) is 7.87. The lowest BCUT2D eigenvalue weighted by atomic mass is 9.54. The van der Waals surface area contributed by atoms with Crippen LogP contribution in [0.1, 0.15) is 33.1 Å². The fraction of sp³-hybridized carbons (Fsp3) is 0.529. The van der Waals surface area contributed by atoms with E-state index in [1.807, 2.05) is 20.8 Å². The number of rotatable bonds is 4. The Kier molecular flexibility index (Phi) is 6.51. The number of nitrogens with two attached hydrogens (primary N) is 1. The maximum atomic E-state index is 12.7. The molecule has 1 aromatic carbocycles. The van der Waals surface area contributed by atoms with Crippen LogP contribution in [0.4, 0.5) is 5.69 Å². The number of hydrogen-bond donors (Lipinski definition) is 2. The number of hydrogen-bond acceptors (Lipinski definition) is 5. The number of aryl methyl sites for hydroxylation is 1. The van der Waals surface area contributed by atoms with E-state index in [2.05, 4.69) is 10.3 Å². The highest BCUT2D eigenvalue weighted by atomic mass is 35.5. The van der Waals surface area contributed by atoms with Gasteiger partial charge in [0, 0.05) is 31.1 Å². The third-order valence-corrected chi connectivity index (χ3v) is 4.99. The second kappa shape index (κ2) is 7.50. The first kappa shape index (κ1) is 21.7. The van der Waals surface area contributed by atoms with Crippen LogP contribution in [0.5, 0.6) is 0 Å². The van der Waals surface area contributed by atoms with Gasteiger partial charge in [0.05, 0.1) is 6.10 Å². The number of ether oxygens (including phenoxy) is 1. The molecule has 8 heteroatoms. The zero-order valence-corrected chi connectivity index (χ0v) is 16.4. The summed E-state index contributed by atoms with van der Waals surface area (Å²) in [5.41, 5.74) is 7.10. The summed E-state index contributed by atoms with van der Waals surface area (Å²) >= 11 is 0. The number of amides is 1. The molecule has 0 aliphatic heterocycles. The molecule has 0 radical (unpaired) electrons. The van der Waals surface area contributed by atoms with Gasteiger partial charge < -0.3 is 20.2 Å². The summed E-state index contributed by atoms with van der Waals surface area (Å²) in [5, 5.41) is 2.90. The Morgan fingerprint density at radius 3 is 2.72 bits per heavy atom. The van der Waals surface area contributed by atoms with Crippen molar-refractivity contribution in [2.24, 2.45) is 11.1 Å². The molecule has 0 bridgehead atoms. The summed E-state index contributed by atoms with van der Waals surface area (Å²) in [6.07, 6.45) is 0.522. The second-order valence-corrected chi connectivity index (χ2v) is 6.71. The number of anilines is 1. The minimum atomic E-state index is -0.943. The van der Waals surface area contributed by atoms with Crippen molar-refractivity contribution in [2.75, 3.05) is 11.9 Å². The van der Waals surface area contributed by atoms with E-state index in [0.29, 0.717) is 35.7 Å². The Morgan fingerprint density at radius 1 is 1.44 bits per heavy atom. The Bertz CT molecular complexity index is 763. The van der Waals surface area contributed by atoms with Crippen LogP contribution in [-0.4, -0.2) is 29.1 Å². The molecule has 1 saturated carbocycles. The van der Waals surface area contributed by atoms with Crippen molar-refractivity contribution >= 4 is 47.5 Å². The van der Waals surface area contributed by atoms with Gasteiger partial charge in [0.15, 0.2) is 11.5 Å². The van der Waals surface area contributed by atoms with Crippen LogP contribution in [0.3, 0.4) is 0 Å². The molecule has 2 aromatic rings. The van der Waals surface area contributed by atoms with Crippen LogP contribution < -0.4 is 11.1 Å². The van der Waals surface area contributed by atoms with E-state index >= 15 is 0 Å². The lowest BCUT2D eigenvalue weighted by molar-refractivity contribution is -0.166. The van der Waals surface area contributed by atoms with Gasteiger partial charge in [0.2, 0.25) is 5.91 Å². The number of aromatic nitrogens is 1. The lowest BCUT2D eigenvalue weighted by Crippen LogP contribution is -2.74. The quantitative estimate of drug-likeness (QED) is 0.835. The Morgan fingerprint density at radius 2 is 2.12 bits per heavy atom. The van der Waals surface area contributed by atoms with Gasteiger partial charge in [-0.25, -0.2) is 4.98 Å². The van der Waals surface area contributed by atoms with E-state index in [1.54, 1.807) is 25.1 Å². The highest BCUT2D eigenvalue weighted by Gasteiger charge is 2.62. The smallest absolute Gasteiger partial charge is 0.245 e. The number of oxazole rings is 1. The molecule has 1 aliphatic carbocycles. The van der Waals surface area contributed by atoms with E-state index in [9.17, 15) is 4.79 Å². The molecule has 140 valence electrons. The molecule has 1 fully saturated rings. The molecule has 6 nitrogen and oxygen atoms in total. The third kappa shape index (κ3) is 3.49. The van der Waals surface area contributed by atoms with Gasteiger partial charge in [0.25, 0.3) is 0 Å². The molecular formula is C17H25Cl2N3O3. The average Bonchev–Trinajstić information content (AvgIpc) is 2.86. The van der Waals surface area contributed by atoms with E-state index < -0.39 is 11.0 Å². The monoisotopic (exact) mass is 389 g/mol. The molecule has 1 aliphatic rings. The number of carbonyl (C=O) groups excluding carboxylic acids is 1. The fourth-order valence-electron chi connectivity index (χ4n) is 3.18. The van der Waals surface area contributed by atoms with Crippen LogP contribution in [0, 0.1) is 12.3 Å². The van der Waals surface area contributed by atoms with Crippen molar-refractivity contribution in [3.05, 3.63) is 24.1 Å². The fourth-order valence-corrected chi connectivity index (χ4v) is 3.18. The van der Waals surface area contributed by atoms with E-state index in [-0.39, 0.29) is 36.8 Å². The summed E-state index contributed by atoms with van der Waals surface area (Å²) in [6, 6.07) is 5.38. The van der Waals surface area contributed by atoms with Crippen LogP contribution >= 0.6 is 24.8 Å². The highest BCUT2D eigenvalue weighted by Crippen LogP contribution is 2.50. The average molecular weight is 390 g/mol. The molecule has 1 amide bonds. The molecule has 3 rings (SSSR count). The minimum absolute atomic E-state index is 0. The molecule has 2 atom stereocenters. The first-order valence-electron chi connectivity index (χ1n) is 7.87. The van der Waals surface area contributed by atoms with Gasteiger partial charge in [-0.2, -0.15) is 0 Å². The molecular weight excluding hydrogens is 365 g/mol. The topological polar surface area (TPSA) is 90.4 Å². The van der Waals surface area contributed by atoms with Crippen molar-refractivity contribution in [1.29, 1.82) is 0 Å². The number of carbonyl (C=O) groups is 1. The maximum Gasteiger partial charge on any atom is 0.245 e. The Labute approximate surface area is 159 Å². The zero-order valence-electron chi connectivity index (χ0n) is 14.8. The Hall–Kier alpha value is -1.34. The van der Waals surface area contributed by atoms with Gasteiger partial charge in [-0.1, -0.05) is 13.8 Å². The highest BCUT2D eigenvalue weighted by molar-refractivity contribution is 6.00. The van der Waals surface area contributed by atoms with Gasteiger partial charge in [-0.15, -0.1) is 24.8 Å². The van der Waals surface area contributed by atoms with Crippen LogP contribution in [0.25, 0.3) is 11.1 Å². The minimum Gasteiger partial charge on any atom is -0.441 e. The number of fused-ring (bicyclic) bond motifs is 1. The number of nitrogens with one attached hydrogen (secondary N) is 1. The van der Waals surface area contributed by atoms with Crippen molar-refractivity contribution in [2.45, 2.75) is 45.8 Å². The summed E-state index contributed by atoms with van der Waals surface area (Å²) in [4.78, 5) is 17.0.